The van der Waals surface area contributed by atoms with Gasteiger partial charge in [-0.15, -0.1) is 30.3 Å². The van der Waals surface area contributed by atoms with Crippen molar-refractivity contribution in [1.29, 1.82) is 5.41 Å². The Morgan fingerprint density at radius 1 is 0.785 bits per heavy atom. The molecule has 0 bridgehead atoms. The molecule has 19 rings (SSSR count). The third-order valence-electron chi connectivity index (χ3n) is 23.4. The Morgan fingerprint density at radius 3 is 2.37 bits per heavy atom. The summed E-state index contributed by atoms with van der Waals surface area (Å²) in [5, 5.41) is 42.0. The maximum atomic E-state index is 11.0. The number of rotatable bonds is 24. The molecule has 0 fully saturated rings. The molecule has 0 saturated heterocycles. The molecule has 3 aliphatic carbocycles. The molecule has 135 heavy (non-hydrogen) atoms. The van der Waals surface area contributed by atoms with E-state index in [1.165, 1.54) is 110 Å². The highest BCUT2D eigenvalue weighted by Gasteiger charge is 2.34. The Morgan fingerprint density at radius 2 is 1.58 bits per heavy atom. The fourth-order valence-corrected chi connectivity index (χ4v) is 17.9. The summed E-state index contributed by atoms with van der Waals surface area (Å²) in [6.07, 6.45) is 65.2. The average molecular weight is 1830 g/mol. The number of allylic oxidation sites excluding steroid dienone is 8. The summed E-state index contributed by atoms with van der Waals surface area (Å²) in [7, 11) is 0. The molecule has 0 radical (unpaired) electrons. The number of hydrazone groups is 3. The highest BCUT2D eigenvalue weighted by molar-refractivity contribution is 7.16. The standard InChI is InChI=1S/C23H20N4.C23H22N4.C23H28N4.C20H24N4.C18H12N4O2S.C3H8.ClH.H3N/c1-24-13-12-15-6-8-16(9-7-15)23-18-5-3-2-4-17(18)22-19-14-25-27-20(19)10-11-21(22)26-23;1-2-15-13-24-12-11-16(15)7-8-20-17-5-3-4-6-18(17)23-19-14-25-27-21(19)9-10-22(23)26-20;1-4-9-18(5-2)23(20-12-13-21(17-24)19(6-3)16-20)27-22-10-7-14-25-26-15-8-11-22;1-3-8-20(22-13-5-6-14-24-23-12-4-2)18-10-7-9-17-11-15-21-16-19(17)18;23-9-24-16-6-15(10-1-2-13-17(5-10)25-8-19-13)21-14-4-3-12-11(18(14)16)7-20-22-12;1-3-2;;/h6-14H,1-5H2,(H,25,27);2,7-14,20,26H,1,3-6H2,(H,25,27);5-7,10-13,15-17,24-25H,3-4,8-9,14H2,1-2H3;3-5,7-10,13-14,16,23H,2,6,11-12,15H2,1H3;1-9,11-12,22H;3H2,1-2H3;1H;1H3/b13-12-;8-7+;10-7?,18-5+,22-11+,24-17?,26-15-,27-23-;8-3+,13-5+,22-20-,24-14-;;;;. The number of aliphatic imine (C=N–C) groups is 4. The van der Waals surface area contributed by atoms with Crippen LogP contribution < -0.4 is 32.5 Å². The number of aryl methyl sites for hydroxylation is 1. The normalized spacial score (nSPS) is 16.8. The van der Waals surface area contributed by atoms with Crippen molar-refractivity contribution in [3.63, 3.8) is 0 Å². The lowest BCUT2D eigenvalue weighted by atomic mass is 9.79. The zero-order chi connectivity index (χ0) is 92.5. The fourth-order valence-electron chi connectivity index (χ4n) is 17.1. The number of hydrogen-bond acceptors (Lipinski definition) is 22. The van der Waals surface area contributed by atoms with Crippen molar-refractivity contribution in [2.75, 3.05) is 25.0 Å². The molecular formula is C110H118ClN21O2S. The number of thiazole rings is 1. The first-order chi connectivity index (χ1) is 65.5. The van der Waals surface area contributed by atoms with E-state index in [9.17, 15) is 4.79 Å². The van der Waals surface area contributed by atoms with Crippen LogP contribution in [0.4, 0.5) is 5.69 Å². The van der Waals surface area contributed by atoms with Gasteiger partial charge >= 0.3 is 0 Å². The lowest BCUT2D eigenvalue weighted by molar-refractivity contribution is -0.120. The van der Waals surface area contributed by atoms with Gasteiger partial charge in [-0.1, -0.05) is 174 Å². The van der Waals surface area contributed by atoms with Gasteiger partial charge in [-0.2, -0.15) is 25.5 Å². The van der Waals surface area contributed by atoms with Crippen molar-refractivity contribution in [1.82, 2.24) is 62.8 Å². The van der Waals surface area contributed by atoms with Crippen LogP contribution in [0.25, 0.3) is 101 Å². The third-order valence-corrected chi connectivity index (χ3v) is 24.2. The lowest BCUT2D eigenvalue weighted by Crippen LogP contribution is -2.27. The first kappa shape index (κ1) is 99.0. The SMILES string of the molecule is C=CCN/N=C\C/C=C/N=C(/C=C/C)c1cccc2c1C=NCC2.C=Cc1cc(C(=N\C2=C\C/C=N\NCC=C2)/C(=C/C)CCC)ccc1C=N.C=Cc1cnccc1/C=C/C1Nc2ccc3[nH]ncc3c2C2=C1CCCC2.C=N/C=C\c1ccc(-c2nc3ccc4[nH]ncc4c3c3c2CCCC3)cc1.CCC.Cl.N.O=COc1cc(-c2ccc3ncsc3c2)nc2c1C1C=NNC1C=C2. The zero-order valence-corrected chi connectivity index (χ0v) is 79.0. The average Bonchev–Trinajstić information content (AvgIpc) is 1.58. The minimum atomic E-state index is 0. The lowest BCUT2D eigenvalue weighted by Gasteiger charge is -2.34. The van der Waals surface area contributed by atoms with Crippen LogP contribution in [0.3, 0.4) is 0 Å². The van der Waals surface area contributed by atoms with Crippen molar-refractivity contribution in [2.45, 2.75) is 143 Å². The summed E-state index contributed by atoms with van der Waals surface area (Å²) in [5.41, 5.74) is 42.9. The van der Waals surface area contributed by atoms with E-state index in [1.807, 2.05) is 159 Å². The van der Waals surface area contributed by atoms with Crippen molar-refractivity contribution >= 4 is 164 Å². The van der Waals surface area contributed by atoms with Crippen LogP contribution in [-0.2, 0) is 24.1 Å². The van der Waals surface area contributed by atoms with Gasteiger partial charge in [0.2, 0.25) is 0 Å². The second-order valence-electron chi connectivity index (χ2n) is 32.3. The van der Waals surface area contributed by atoms with Gasteiger partial charge in [-0.05, 0) is 219 Å². The van der Waals surface area contributed by atoms with Crippen molar-refractivity contribution in [3.8, 4) is 28.3 Å². The van der Waals surface area contributed by atoms with Crippen molar-refractivity contribution < 1.29 is 9.53 Å². The number of aromatic amines is 2. The van der Waals surface area contributed by atoms with E-state index in [-0.39, 0.29) is 36.6 Å². The van der Waals surface area contributed by atoms with Gasteiger partial charge in [0.05, 0.1) is 110 Å². The van der Waals surface area contributed by atoms with E-state index in [4.69, 9.17) is 25.1 Å². The molecule has 10 N–H and O–H groups in total. The molecular weight excluding hydrogens is 1710 g/mol. The maximum absolute atomic E-state index is 11.0. The molecule has 12 aromatic rings. The van der Waals surface area contributed by atoms with Crippen LogP contribution in [-0.4, -0.2) is 128 Å². The van der Waals surface area contributed by atoms with E-state index >= 15 is 0 Å². The van der Waals surface area contributed by atoms with Crippen molar-refractivity contribution in [2.24, 2.45) is 35.3 Å². The molecule has 10 heterocycles. The first-order valence-electron chi connectivity index (χ1n) is 45.7. The number of carbonyl (C=O) groups is 1. The molecule has 6 aromatic heterocycles. The van der Waals surface area contributed by atoms with Crippen LogP contribution in [0.5, 0.6) is 5.75 Å². The number of nitrogens with one attached hydrogen (secondary N) is 7. The zero-order valence-electron chi connectivity index (χ0n) is 77.4. The van der Waals surface area contributed by atoms with Gasteiger partial charge in [0.1, 0.15) is 5.75 Å². The number of ether oxygens (including phenoxy) is 1. The third kappa shape index (κ3) is 24.7. The van der Waals surface area contributed by atoms with E-state index in [1.54, 1.807) is 29.7 Å². The van der Waals surface area contributed by atoms with Crippen LogP contribution in [0.1, 0.15) is 189 Å². The Kier molecular flexibility index (Phi) is 37.1. The Balaban J connectivity index is 0.000000150. The van der Waals surface area contributed by atoms with Crippen LogP contribution >= 0.6 is 23.7 Å². The molecule has 0 spiro atoms. The number of carbonyl (C=O) groups excluding carboxylic acids is 1. The summed E-state index contributed by atoms with van der Waals surface area (Å²) < 4.78 is 6.39. The quantitative estimate of drug-likeness (QED) is 0.00918. The molecule has 23 nitrogen and oxygen atoms in total. The number of aromatic nitrogens is 8. The van der Waals surface area contributed by atoms with Gasteiger partial charge in [0.25, 0.3) is 6.47 Å². The number of hydrogen-bond donors (Lipinski definition) is 8. The molecule has 4 aliphatic heterocycles. The summed E-state index contributed by atoms with van der Waals surface area (Å²) in [6.45, 7) is 28.1. The number of nitrogens with zero attached hydrogens (tertiary/aromatic N) is 13. The van der Waals surface area contributed by atoms with E-state index in [0.717, 1.165) is 175 Å². The maximum Gasteiger partial charge on any atom is 0.298 e. The number of benzene rings is 6. The van der Waals surface area contributed by atoms with Gasteiger partial charge in [0.15, 0.2) is 0 Å². The number of fused-ring (bicyclic) bond motifs is 14. The Labute approximate surface area is 800 Å². The number of halogens is 1. The topological polar surface area (TPSA) is 329 Å². The molecule has 0 saturated carbocycles. The second-order valence-corrected chi connectivity index (χ2v) is 33.1. The van der Waals surface area contributed by atoms with E-state index in [2.05, 4.69) is 240 Å². The molecule has 6 aromatic carbocycles. The van der Waals surface area contributed by atoms with Gasteiger partial charge in [-0.3, -0.25) is 35.0 Å². The van der Waals surface area contributed by atoms with Crippen LogP contribution in [0, 0.1) is 5.41 Å². The summed E-state index contributed by atoms with van der Waals surface area (Å²) >= 11 is 1.59. The minimum absolute atomic E-state index is 0. The Hall–Kier alpha value is -15.0. The summed E-state index contributed by atoms with van der Waals surface area (Å²) in [6, 6.07) is 39.6. The Bertz CT molecular complexity index is 6720. The van der Waals surface area contributed by atoms with Gasteiger partial charge in [-0.25, -0.2) is 19.9 Å². The second kappa shape index (κ2) is 50.6. The largest absolute Gasteiger partial charge is 0.428 e. The fraction of sp³-hybridized carbons (Fsp3) is 0.227. The number of H-pyrrole nitrogens is 2. The molecule has 7 aliphatic rings. The van der Waals surface area contributed by atoms with Gasteiger partial charge < -0.3 is 37.9 Å². The van der Waals surface area contributed by atoms with Gasteiger partial charge in [0, 0.05) is 142 Å². The highest BCUT2D eigenvalue weighted by atomic mass is 35.5. The predicted octanol–water partition coefficient (Wildman–Crippen LogP) is 24.7. The number of pyridine rings is 3. The molecule has 0 amide bonds. The molecule has 3 atom stereocenters. The first-order valence-corrected chi connectivity index (χ1v) is 46.5. The molecule has 25 heteroatoms. The number of anilines is 1. The summed E-state index contributed by atoms with van der Waals surface area (Å²) in [5.74, 6) is 0.536. The summed E-state index contributed by atoms with van der Waals surface area (Å²) in [4.78, 5) is 47.2. The monoisotopic (exact) mass is 1830 g/mol. The van der Waals surface area contributed by atoms with E-state index in [0.29, 0.717) is 25.3 Å². The predicted molar refractivity (Wildman–Crippen MR) is 572 cm³/mol. The van der Waals surface area contributed by atoms with Crippen LogP contribution in [0.15, 0.2) is 291 Å². The molecule has 3 unspecified atom stereocenters. The minimum Gasteiger partial charge on any atom is -0.428 e. The highest BCUT2D eigenvalue weighted by Crippen LogP contribution is 2.46. The van der Waals surface area contributed by atoms with Crippen LogP contribution in [0.2, 0.25) is 0 Å². The molecule has 688 valence electrons. The van der Waals surface area contributed by atoms with Crippen molar-refractivity contribution in [3.05, 3.63) is 333 Å². The smallest absolute Gasteiger partial charge is 0.298 e. The van der Waals surface area contributed by atoms with E-state index < -0.39 is 0 Å².